The molecule has 0 saturated heterocycles. The van der Waals surface area contributed by atoms with Crippen LogP contribution in [-0.2, 0) is 5.66 Å². The Morgan fingerprint density at radius 2 is 1.18 bits per heavy atom. The molecule has 7 heterocycles. The third-order valence-electron chi connectivity index (χ3n) is 9.92. The quantitative estimate of drug-likeness (QED) is 0.168. The van der Waals surface area contributed by atoms with Crippen LogP contribution in [0.25, 0.3) is 65.4 Å². The SMILES string of the molecule is c1ccc2c(c1)ccc1c3ccc4c5c3c3n(cc[n+]3C53c5c(ccc6c7ccccc7n7cc[n+]3c7c56)O4)c21. The van der Waals surface area contributed by atoms with E-state index in [4.69, 9.17) is 4.74 Å². The summed E-state index contributed by atoms with van der Waals surface area (Å²) in [6.07, 6.45) is 9.06. The van der Waals surface area contributed by atoms with Crippen LogP contribution in [0, 0.1) is 0 Å². The minimum atomic E-state index is -0.555. The van der Waals surface area contributed by atoms with Crippen LogP contribution >= 0.6 is 0 Å². The fourth-order valence-electron chi connectivity index (χ4n) is 8.59. The van der Waals surface area contributed by atoms with Gasteiger partial charge in [-0.2, -0.15) is 17.9 Å². The third kappa shape index (κ3) is 1.62. The number of fused-ring (bicyclic) bond motifs is 8. The van der Waals surface area contributed by atoms with Crippen molar-refractivity contribution in [1.82, 2.24) is 8.80 Å². The summed E-state index contributed by atoms with van der Waals surface area (Å²) in [5.74, 6) is 1.88. The number of ether oxygens (including phenoxy) is 1. The van der Waals surface area contributed by atoms with Gasteiger partial charge in [-0.25, -0.2) is 0 Å². The smallest absolute Gasteiger partial charge is 0.315 e. The van der Waals surface area contributed by atoms with Crippen LogP contribution in [0.3, 0.4) is 0 Å². The molecule has 0 aliphatic carbocycles. The van der Waals surface area contributed by atoms with Crippen molar-refractivity contribution < 1.29 is 13.9 Å². The maximum absolute atomic E-state index is 6.79. The molecule has 12 rings (SSSR count). The summed E-state index contributed by atoms with van der Waals surface area (Å²) in [5, 5.41) is 10.1. The molecule has 3 aliphatic rings. The molecule has 1 atom stereocenters. The largest absolute Gasteiger partial charge is 0.456 e. The van der Waals surface area contributed by atoms with Crippen LogP contribution < -0.4 is 13.9 Å². The number of pyridine rings is 2. The summed E-state index contributed by atoms with van der Waals surface area (Å²) in [7, 11) is 0. The van der Waals surface area contributed by atoms with Crippen LogP contribution in [0.4, 0.5) is 0 Å². The molecule has 5 aromatic carbocycles. The summed E-state index contributed by atoms with van der Waals surface area (Å²) in [4.78, 5) is 0. The summed E-state index contributed by atoms with van der Waals surface area (Å²) < 4.78 is 16.6. The van der Waals surface area contributed by atoms with Crippen molar-refractivity contribution in [3.05, 3.63) is 121 Å². The molecule has 0 fully saturated rings. The lowest BCUT2D eigenvalue weighted by molar-refractivity contribution is -0.944. The second-order valence-electron chi connectivity index (χ2n) is 11.4. The highest BCUT2D eigenvalue weighted by Gasteiger charge is 2.65. The summed E-state index contributed by atoms with van der Waals surface area (Å²) >= 11 is 0. The van der Waals surface area contributed by atoms with Gasteiger partial charge in [0, 0.05) is 26.9 Å². The molecule has 5 heteroatoms. The average Bonchev–Trinajstić information content (AvgIpc) is 3.77. The topological polar surface area (TPSA) is 25.8 Å². The second-order valence-corrected chi connectivity index (χ2v) is 11.4. The number of hydrogen-bond acceptors (Lipinski definition) is 1. The first-order valence-electron chi connectivity index (χ1n) is 13.8. The first kappa shape index (κ1) is 18.8. The van der Waals surface area contributed by atoms with Gasteiger partial charge in [-0.3, -0.25) is 0 Å². The molecule has 0 saturated carbocycles. The number of para-hydroxylation sites is 1. The van der Waals surface area contributed by atoms with Gasteiger partial charge in [-0.1, -0.05) is 48.5 Å². The van der Waals surface area contributed by atoms with Crippen LogP contribution in [0.5, 0.6) is 11.5 Å². The Morgan fingerprint density at radius 3 is 1.98 bits per heavy atom. The molecule has 40 heavy (non-hydrogen) atoms. The summed E-state index contributed by atoms with van der Waals surface area (Å²) in [5.41, 5.74) is 6.83. The van der Waals surface area contributed by atoms with Crippen molar-refractivity contribution in [3.63, 3.8) is 0 Å². The molecule has 0 radical (unpaired) electrons. The van der Waals surface area contributed by atoms with E-state index in [0.717, 1.165) is 11.5 Å². The zero-order chi connectivity index (χ0) is 25.5. The van der Waals surface area contributed by atoms with E-state index in [1.165, 1.54) is 76.5 Å². The standard InChI is InChI=1S/C35H18N4O/c1-2-6-20-19(5-1)9-10-24-23-12-14-27-31-29(23)34-37(32(20)24)16-18-39(34)35(31)30-26(40-27)13-11-22-21-7-3-4-8-25(21)36-15-17-38(35)33(36)28(22)30/h1-18H/q+2. The van der Waals surface area contributed by atoms with Crippen LogP contribution in [-0.4, -0.2) is 8.80 Å². The van der Waals surface area contributed by atoms with E-state index < -0.39 is 5.66 Å². The highest BCUT2D eigenvalue weighted by atomic mass is 16.5. The molecule has 0 N–H and O–H groups in total. The van der Waals surface area contributed by atoms with Crippen LogP contribution in [0.15, 0.2) is 110 Å². The first-order chi connectivity index (χ1) is 19.9. The molecule has 4 aromatic heterocycles. The molecule has 9 aromatic rings. The molecule has 3 aliphatic heterocycles. The Kier molecular flexibility index (Phi) is 2.64. The average molecular weight is 511 g/mol. The fraction of sp³-hybridized carbons (Fsp3) is 0.0286. The zero-order valence-electron chi connectivity index (χ0n) is 21.1. The number of nitrogens with zero attached hydrogens (tertiary/aromatic N) is 4. The molecule has 5 nitrogen and oxygen atoms in total. The van der Waals surface area contributed by atoms with E-state index in [1.807, 2.05) is 0 Å². The van der Waals surface area contributed by atoms with Gasteiger partial charge in [0.2, 0.25) is 0 Å². The van der Waals surface area contributed by atoms with Crippen LogP contribution in [0.1, 0.15) is 11.1 Å². The van der Waals surface area contributed by atoms with Crippen molar-refractivity contribution in [2.24, 2.45) is 0 Å². The molecular weight excluding hydrogens is 492 g/mol. The summed E-state index contributed by atoms with van der Waals surface area (Å²) in [6.45, 7) is 0. The van der Waals surface area contributed by atoms with E-state index in [-0.39, 0.29) is 0 Å². The monoisotopic (exact) mass is 510 g/mol. The van der Waals surface area contributed by atoms with E-state index >= 15 is 0 Å². The van der Waals surface area contributed by atoms with Crippen molar-refractivity contribution in [2.75, 3.05) is 0 Å². The lowest BCUT2D eigenvalue weighted by Gasteiger charge is -2.30. The van der Waals surface area contributed by atoms with E-state index in [0.29, 0.717) is 0 Å². The number of imidazole rings is 2. The van der Waals surface area contributed by atoms with Gasteiger partial charge >= 0.3 is 5.66 Å². The maximum Gasteiger partial charge on any atom is 0.315 e. The number of hydrogen-bond donors (Lipinski definition) is 0. The van der Waals surface area contributed by atoms with Crippen molar-refractivity contribution >= 4 is 65.4 Å². The Morgan fingerprint density at radius 1 is 0.550 bits per heavy atom. The van der Waals surface area contributed by atoms with Gasteiger partial charge in [-0.15, -0.1) is 0 Å². The molecule has 0 bridgehead atoms. The molecule has 182 valence electrons. The lowest BCUT2D eigenvalue weighted by Crippen LogP contribution is -2.71. The number of aromatic nitrogens is 4. The highest BCUT2D eigenvalue weighted by Crippen LogP contribution is 2.57. The van der Waals surface area contributed by atoms with Gasteiger partial charge in [-0.05, 0) is 41.8 Å². The molecule has 1 unspecified atom stereocenters. The second kappa shape index (κ2) is 5.63. The molecule has 0 amide bonds. The van der Waals surface area contributed by atoms with Crippen molar-refractivity contribution in [3.8, 4) is 11.5 Å². The number of rotatable bonds is 0. The molecule has 1 spiro atoms. The first-order valence-corrected chi connectivity index (χ1v) is 13.8. The highest BCUT2D eigenvalue weighted by molar-refractivity contribution is 6.21. The van der Waals surface area contributed by atoms with Gasteiger partial charge < -0.3 is 4.74 Å². The molecular formula is C35H18N4O+2. The normalized spacial score (nSPS) is 17.8. The van der Waals surface area contributed by atoms with E-state index in [9.17, 15) is 0 Å². The van der Waals surface area contributed by atoms with E-state index in [2.05, 4.69) is 128 Å². The Balaban J connectivity index is 1.40. The predicted octanol–water partition coefficient (Wildman–Crippen LogP) is 6.56. The van der Waals surface area contributed by atoms with Gasteiger partial charge in [0.15, 0.2) is 0 Å². The minimum absolute atomic E-state index is 0.555. The Labute approximate surface area is 225 Å². The van der Waals surface area contributed by atoms with Gasteiger partial charge in [0.05, 0.1) is 10.8 Å². The van der Waals surface area contributed by atoms with Crippen molar-refractivity contribution in [2.45, 2.75) is 5.66 Å². The third-order valence-corrected chi connectivity index (χ3v) is 9.92. The van der Waals surface area contributed by atoms with Crippen LogP contribution in [0.2, 0.25) is 0 Å². The Hall–Kier alpha value is -5.42. The van der Waals surface area contributed by atoms with Crippen molar-refractivity contribution in [1.29, 1.82) is 0 Å². The number of benzene rings is 5. The zero-order valence-corrected chi connectivity index (χ0v) is 21.1. The fourth-order valence-corrected chi connectivity index (χ4v) is 8.59. The maximum atomic E-state index is 6.79. The Bertz CT molecular complexity index is 2750. The van der Waals surface area contributed by atoms with E-state index in [1.54, 1.807) is 0 Å². The summed E-state index contributed by atoms with van der Waals surface area (Å²) in [6, 6.07) is 30.9. The minimum Gasteiger partial charge on any atom is -0.456 e. The van der Waals surface area contributed by atoms with Gasteiger partial charge in [0.25, 0.3) is 11.3 Å². The predicted molar refractivity (Wildman–Crippen MR) is 154 cm³/mol. The lowest BCUT2D eigenvalue weighted by atomic mass is 9.85. The van der Waals surface area contributed by atoms with Gasteiger partial charge in [0.1, 0.15) is 58.4 Å².